The lowest BCUT2D eigenvalue weighted by atomic mass is 9.80. The van der Waals surface area contributed by atoms with Gasteiger partial charge in [0.05, 0.1) is 45.7 Å². The van der Waals surface area contributed by atoms with Crippen LogP contribution in [0.4, 0.5) is 0 Å². The summed E-state index contributed by atoms with van der Waals surface area (Å²) in [5.41, 5.74) is 28.4. The highest BCUT2D eigenvalue weighted by Gasteiger charge is 2.42. The van der Waals surface area contributed by atoms with Crippen molar-refractivity contribution in [2.24, 2.45) is 0 Å². The van der Waals surface area contributed by atoms with E-state index in [1.807, 2.05) is 48.5 Å². The summed E-state index contributed by atoms with van der Waals surface area (Å²) in [5, 5.41) is 20.2. The Morgan fingerprint density at radius 2 is 0.750 bits per heavy atom. The van der Waals surface area contributed by atoms with Gasteiger partial charge in [-0.05, 0) is 205 Å². The van der Waals surface area contributed by atoms with Crippen LogP contribution in [-0.2, 0) is 49.7 Å². The van der Waals surface area contributed by atoms with Gasteiger partial charge in [-0.25, -0.2) is 4.98 Å². The third-order valence-corrected chi connectivity index (χ3v) is 20.3. The van der Waals surface area contributed by atoms with Gasteiger partial charge >= 0.3 is 0 Å². The van der Waals surface area contributed by atoms with Gasteiger partial charge in [0.25, 0.3) is 0 Å². The zero-order valence-electron chi connectivity index (χ0n) is 72.4. The Bertz CT molecular complexity index is 5060. The molecule has 0 radical (unpaired) electrons. The van der Waals surface area contributed by atoms with Gasteiger partial charge in [0, 0.05) is 41.2 Å². The van der Waals surface area contributed by atoms with Crippen LogP contribution in [0.3, 0.4) is 0 Å². The summed E-state index contributed by atoms with van der Waals surface area (Å²) >= 11 is 0. The summed E-state index contributed by atoms with van der Waals surface area (Å²) in [6.07, 6.45) is -0.169. The summed E-state index contributed by atoms with van der Waals surface area (Å²) in [7, 11) is 0. The Morgan fingerprint density at radius 1 is 0.380 bits per heavy atom. The molecule has 0 spiro atoms. The van der Waals surface area contributed by atoms with Crippen LogP contribution in [0, 0.1) is 50.4 Å². The van der Waals surface area contributed by atoms with Crippen molar-refractivity contribution in [2.45, 2.75) is 243 Å². The van der Waals surface area contributed by atoms with E-state index in [0.29, 0.717) is 16.5 Å². The van der Waals surface area contributed by atoms with Crippen LogP contribution in [0.25, 0.3) is 61.0 Å². The van der Waals surface area contributed by atoms with E-state index < -0.39 is 6.37 Å². The maximum atomic E-state index is 8.83. The first-order valence-corrected chi connectivity index (χ1v) is 38.6. The molecule has 0 unspecified atom stereocenters. The molecule has 0 aliphatic heterocycles. The monoisotopic (exact) mass is 1430 g/mol. The van der Waals surface area contributed by atoms with Crippen LogP contribution in [0.1, 0.15) is 252 Å². The van der Waals surface area contributed by atoms with Gasteiger partial charge in [0.1, 0.15) is 5.82 Å². The molecule has 5 nitrogen and oxygen atoms in total. The van der Waals surface area contributed by atoms with Crippen LogP contribution < -0.4 is 0 Å². The molecule has 108 heavy (non-hydrogen) atoms. The molecule has 9 aromatic carbocycles. The Labute approximate surface area is 654 Å². The molecule has 5 heteroatoms. The predicted molar refractivity (Wildman–Crippen MR) is 466 cm³/mol. The smallest absolute Gasteiger partial charge is 0.137 e. The normalized spacial score (nSPS) is 13.5. The SMILES string of the molecule is CC(C)(C)c1ccc2c(c1)C(C)(C)CC2(C)C.CC(C)(C)c1ccccc1-c1ccccc1.CC(C)(C)c1nc(-n2c3ccccc3c3ccccc32)ccc1-c1ccccc1.Cc1cc(C#N)cc(C)c1C(C)(C)C.Cc1cc(C#N)cc(C)c1C(C)(C)C.[2H]C([2H])(C)c1ccc(-c2ccccc2)c(C(C)(C)C)n1. The average molecular weight is 1430 g/mol. The average Bonchev–Trinajstić information content (AvgIpc) is 1.59. The van der Waals surface area contributed by atoms with Crippen molar-refractivity contribution in [3.63, 3.8) is 0 Å². The van der Waals surface area contributed by atoms with Crippen molar-refractivity contribution in [3.05, 3.63) is 314 Å². The second kappa shape index (κ2) is 33.7. The van der Waals surface area contributed by atoms with Gasteiger partial charge in [-0.15, -0.1) is 0 Å². The van der Waals surface area contributed by atoms with Gasteiger partial charge in [-0.1, -0.05) is 335 Å². The molecule has 0 saturated heterocycles. The van der Waals surface area contributed by atoms with E-state index in [1.54, 1.807) is 24.1 Å². The van der Waals surface area contributed by atoms with Crippen molar-refractivity contribution in [1.82, 2.24) is 14.5 Å². The molecule has 560 valence electrons. The highest BCUT2D eigenvalue weighted by Crippen LogP contribution is 2.50. The molecule has 1 aliphatic rings. The minimum atomic E-state index is -1.42. The summed E-state index contributed by atoms with van der Waals surface area (Å²) in [6, 6.07) is 84.6. The number of pyridine rings is 2. The van der Waals surface area contributed by atoms with Crippen LogP contribution in [-0.4, -0.2) is 14.5 Å². The highest BCUT2D eigenvalue weighted by atomic mass is 15.1. The number of para-hydroxylation sites is 2. The number of aryl methyl sites for hydroxylation is 5. The molecule has 3 aromatic heterocycles. The highest BCUT2D eigenvalue weighted by molar-refractivity contribution is 6.09. The van der Waals surface area contributed by atoms with Crippen molar-refractivity contribution >= 4 is 21.8 Å². The van der Waals surface area contributed by atoms with Crippen LogP contribution >= 0.6 is 0 Å². The molecule has 1 aliphatic carbocycles. The minimum Gasteiger partial charge on any atom is -0.294 e. The summed E-state index contributed by atoms with van der Waals surface area (Å²) < 4.78 is 18.0. The largest absolute Gasteiger partial charge is 0.294 e. The molecule has 0 N–H and O–H groups in total. The second-order valence-electron chi connectivity index (χ2n) is 36.8. The fraction of sp³-hybridized carbons (Fsp3) is 0.359. The zero-order valence-corrected chi connectivity index (χ0v) is 70.4. The van der Waals surface area contributed by atoms with E-state index in [2.05, 4.69) is 378 Å². The number of nitriles is 2. The van der Waals surface area contributed by atoms with E-state index in [4.69, 9.17) is 18.2 Å². The van der Waals surface area contributed by atoms with E-state index >= 15 is 0 Å². The molecule has 12 aromatic rings. The molecular formula is C103H123N5. The van der Waals surface area contributed by atoms with Gasteiger partial charge in [0.2, 0.25) is 0 Å². The number of benzene rings is 9. The third kappa shape index (κ3) is 20.4. The van der Waals surface area contributed by atoms with Crippen molar-refractivity contribution in [3.8, 4) is 51.3 Å². The molecule has 3 heterocycles. The van der Waals surface area contributed by atoms with E-state index in [0.717, 1.165) is 39.5 Å². The molecule has 0 bridgehead atoms. The lowest BCUT2D eigenvalue weighted by Crippen LogP contribution is -2.18. The van der Waals surface area contributed by atoms with E-state index in [1.165, 1.54) is 95.0 Å². The number of aromatic nitrogens is 3. The van der Waals surface area contributed by atoms with Gasteiger partial charge < -0.3 is 0 Å². The number of hydrogen-bond donors (Lipinski definition) is 0. The lowest BCUT2D eigenvalue weighted by molar-refractivity contribution is 0.403. The Morgan fingerprint density at radius 3 is 1.14 bits per heavy atom. The maximum Gasteiger partial charge on any atom is 0.137 e. The molecule has 0 amide bonds. The van der Waals surface area contributed by atoms with Crippen LogP contribution in [0.15, 0.2) is 231 Å². The fourth-order valence-corrected chi connectivity index (χ4v) is 16.1. The fourth-order valence-electron chi connectivity index (χ4n) is 16.1. The third-order valence-electron chi connectivity index (χ3n) is 20.3. The Hall–Kier alpha value is -9.94. The first kappa shape index (κ1) is 80.6. The quantitative estimate of drug-likeness (QED) is 0.172. The summed E-state index contributed by atoms with van der Waals surface area (Å²) in [5.74, 6) is 0.965. The summed E-state index contributed by atoms with van der Waals surface area (Å²) in [6.45, 7) is 59.3. The maximum absolute atomic E-state index is 8.83. The molecule has 0 fully saturated rings. The molecule has 0 saturated carbocycles. The standard InChI is InChI=1S/C27H24N2.C17H21N.C17H26.C16H18.2C13H17N/c1-27(2,3)26-20(19-11-5-4-6-12-19)17-18-25(28-26)29-23-15-9-7-13-21(23)22-14-8-10-16-24(22)29;1-5-14-11-12-15(13-9-7-6-8-10-13)16(18-14)17(2,3)4;1-15(2,3)12-8-9-13-14(10-12)17(6,7)11-16(13,4)5;1-16(2,3)15-12-8-7-11-14(15)13-9-5-4-6-10-13;2*1-9-6-11(8-14)7-10(2)12(9)13(3,4)5/h4-18H,1-3H3;6-12H,5H2,1-4H3;8-10H,11H2,1-7H3;4-12H,1-3H3;2*6-7H,1-5H3/i;5D2;;;;. The van der Waals surface area contributed by atoms with Crippen molar-refractivity contribution in [1.29, 1.82) is 10.5 Å². The number of rotatable bonds is 5. The number of hydrogen-bond acceptors (Lipinski definition) is 4. The van der Waals surface area contributed by atoms with E-state index in [-0.39, 0.29) is 32.5 Å². The Balaban J connectivity index is 0.000000170. The molecular weight excluding hydrogens is 1310 g/mol. The minimum absolute atomic E-state index is 0.0695. The van der Waals surface area contributed by atoms with Crippen LogP contribution in [0.5, 0.6) is 0 Å². The van der Waals surface area contributed by atoms with Gasteiger partial charge in [-0.2, -0.15) is 10.5 Å². The lowest BCUT2D eigenvalue weighted by Gasteiger charge is -2.24. The molecule has 0 atom stereocenters. The summed E-state index contributed by atoms with van der Waals surface area (Å²) in [4.78, 5) is 9.84. The van der Waals surface area contributed by atoms with Gasteiger partial charge in [-0.3, -0.25) is 9.55 Å². The van der Waals surface area contributed by atoms with Gasteiger partial charge in [0.15, 0.2) is 0 Å². The molecule has 13 rings (SSSR count). The van der Waals surface area contributed by atoms with E-state index in [9.17, 15) is 0 Å². The second-order valence-corrected chi connectivity index (χ2v) is 36.8. The zero-order chi connectivity index (χ0) is 81.5. The van der Waals surface area contributed by atoms with Crippen molar-refractivity contribution < 1.29 is 2.74 Å². The Kier molecular flexibility index (Phi) is 25.1. The first-order chi connectivity index (χ1) is 51.1. The number of nitrogens with zero attached hydrogens (tertiary/aromatic N) is 5. The topological polar surface area (TPSA) is 78.3 Å². The predicted octanol–water partition coefficient (Wildman–Crippen LogP) is 28.3. The van der Waals surface area contributed by atoms with Crippen LogP contribution in [0.2, 0.25) is 0 Å². The first-order valence-electron chi connectivity index (χ1n) is 39.6. The van der Waals surface area contributed by atoms with Crippen molar-refractivity contribution in [2.75, 3.05) is 0 Å². The number of fused-ring (bicyclic) bond motifs is 4.